The highest BCUT2D eigenvalue weighted by atomic mass is 19.1. The highest BCUT2D eigenvalue weighted by Gasteiger charge is 2.57. The normalized spacial score (nSPS) is 32.6. The van der Waals surface area contributed by atoms with Crippen molar-refractivity contribution in [3.63, 3.8) is 0 Å². The Hall–Kier alpha value is -3.41. The van der Waals surface area contributed by atoms with Crippen molar-refractivity contribution in [1.82, 2.24) is 0 Å². The lowest BCUT2D eigenvalue weighted by Gasteiger charge is -2.48. The number of rotatable bonds is 11. The van der Waals surface area contributed by atoms with Gasteiger partial charge in [-0.2, -0.15) is 0 Å². The van der Waals surface area contributed by atoms with Crippen LogP contribution in [0, 0.1) is 0 Å². The second kappa shape index (κ2) is 15.7. The summed E-state index contributed by atoms with van der Waals surface area (Å²) in [5.41, 5.74) is 0. The van der Waals surface area contributed by atoms with Crippen LogP contribution in [0.3, 0.4) is 0 Å². The fourth-order valence-corrected chi connectivity index (χ4v) is 4.45. The van der Waals surface area contributed by atoms with Gasteiger partial charge in [-0.15, -0.1) is 0 Å². The predicted molar refractivity (Wildman–Crippen MR) is 130 cm³/mol. The van der Waals surface area contributed by atoms with E-state index in [1.807, 2.05) is 0 Å². The Balaban J connectivity index is 2.63. The Kier molecular flexibility index (Phi) is 13.0. The Morgan fingerprint density at radius 1 is 0.548 bits per heavy atom. The van der Waals surface area contributed by atoms with Crippen molar-refractivity contribution >= 4 is 35.8 Å². The maximum atomic E-state index is 14.2. The second-order valence-corrected chi connectivity index (χ2v) is 9.25. The number of alkyl halides is 1. The van der Waals surface area contributed by atoms with Gasteiger partial charge in [0.2, 0.25) is 0 Å². The molecule has 17 heteroatoms. The molecule has 2 rings (SSSR count). The van der Waals surface area contributed by atoms with E-state index in [1.54, 1.807) is 0 Å². The monoisotopic (exact) mass is 610 g/mol. The molecule has 238 valence electrons. The SMILES string of the molecule is CO[C@H]1O[C@H](COC(C)=O)[C@H](O[C@@H]2O[C@H](CF)[C@H](OC(C)=O)[C@H](OC(C)=O)[C@H]2OC(C)=O)[C@H](OC(C)=O)[C@H]1OC(C)=O. The maximum absolute atomic E-state index is 14.2. The van der Waals surface area contributed by atoms with Crippen LogP contribution in [0.25, 0.3) is 0 Å². The molecule has 42 heavy (non-hydrogen) atoms. The molecule has 0 aliphatic carbocycles. The lowest BCUT2D eigenvalue weighted by molar-refractivity contribution is -0.358. The Morgan fingerprint density at radius 2 is 0.952 bits per heavy atom. The van der Waals surface area contributed by atoms with Gasteiger partial charge >= 0.3 is 35.8 Å². The van der Waals surface area contributed by atoms with Crippen LogP contribution in [0.4, 0.5) is 4.39 Å². The number of carbonyl (C=O) groups excluding carboxylic acids is 6. The third kappa shape index (κ3) is 9.57. The molecule has 2 aliphatic heterocycles. The van der Waals surface area contributed by atoms with E-state index >= 15 is 0 Å². The topological polar surface area (TPSA) is 195 Å². The van der Waals surface area contributed by atoms with Crippen molar-refractivity contribution in [2.45, 2.75) is 103 Å². The van der Waals surface area contributed by atoms with Gasteiger partial charge in [0, 0.05) is 48.7 Å². The molecule has 2 saturated heterocycles. The average molecular weight is 611 g/mol. The van der Waals surface area contributed by atoms with Crippen molar-refractivity contribution in [2.75, 3.05) is 20.4 Å². The summed E-state index contributed by atoms with van der Waals surface area (Å²) in [4.78, 5) is 71.5. The molecule has 0 radical (unpaired) electrons. The molecule has 0 bridgehead atoms. The van der Waals surface area contributed by atoms with Crippen molar-refractivity contribution in [3.8, 4) is 0 Å². The molecule has 2 aliphatic rings. The average Bonchev–Trinajstić information content (AvgIpc) is 2.86. The first-order chi connectivity index (χ1) is 19.7. The third-order valence-electron chi connectivity index (χ3n) is 5.82. The molecule has 0 aromatic heterocycles. The van der Waals surface area contributed by atoms with E-state index < -0.39 is 111 Å². The summed E-state index contributed by atoms with van der Waals surface area (Å²) in [5.74, 6) is -5.10. The van der Waals surface area contributed by atoms with Crippen LogP contribution < -0.4 is 0 Å². The largest absolute Gasteiger partial charge is 0.463 e. The van der Waals surface area contributed by atoms with Crippen LogP contribution in [0.15, 0.2) is 0 Å². The standard InChI is InChI=1S/C25H35FO16/c1-10(27)34-9-17-19(21(37-13(4)30)22(38-14(5)31)24(33-7)41-17)42-25-23(39-15(6)32)20(36-12(3)29)18(35-11(2)28)16(8-26)40-25/h16-25H,8-9H2,1-7H3/t16-,17-,18+,19+,20+,21+,22-,23-,24+,25+/m1/s1. The molecule has 0 unspecified atom stereocenters. The summed E-state index contributed by atoms with van der Waals surface area (Å²) in [7, 11) is 1.21. The minimum absolute atomic E-state index is 0.509. The summed E-state index contributed by atoms with van der Waals surface area (Å²) in [6, 6.07) is 0. The molecule has 0 amide bonds. The predicted octanol–water partition coefficient (Wildman–Crippen LogP) is -0.341. The van der Waals surface area contributed by atoms with Gasteiger partial charge in [-0.3, -0.25) is 28.8 Å². The van der Waals surface area contributed by atoms with Crippen LogP contribution in [0.1, 0.15) is 41.5 Å². The molecule has 16 nitrogen and oxygen atoms in total. The number of hydrogen-bond acceptors (Lipinski definition) is 16. The highest BCUT2D eigenvalue weighted by Crippen LogP contribution is 2.35. The van der Waals surface area contributed by atoms with Crippen LogP contribution >= 0.6 is 0 Å². The van der Waals surface area contributed by atoms with Gasteiger partial charge in [-0.1, -0.05) is 0 Å². The zero-order chi connectivity index (χ0) is 31.7. The highest BCUT2D eigenvalue weighted by molar-refractivity contribution is 5.69. The summed E-state index contributed by atoms with van der Waals surface area (Å²) >= 11 is 0. The van der Waals surface area contributed by atoms with Crippen molar-refractivity contribution in [3.05, 3.63) is 0 Å². The third-order valence-corrected chi connectivity index (χ3v) is 5.82. The van der Waals surface area contributed by atoms with Crippen molar-refractivity contribution in [2.24, 2.45) is 0 Å². The first kappa shape index (κ1) is 34.8. The quantitative estimate of drug-likeness (QED) is 0.217. The van der Waals surface area contributed by atoms with Crippen LogP contribution in [-0.4, -0.2) is 118 Å². The summed E-state index contributed by atoms with van der Waals surface area (Å²) < 4.78 is 68.6. The van der Waals surface area contributed by atoms with E-state index in [1.165, 1.54) is 7.11 Å². The smallest absolute Gasteiger partial charge is 0.303 e. The zero-order valence-corrected chi connectivity index (χ0v) is 24.1. The van der Waals surface area contributed by atoms with E-state index in [-0.39, 0.29) is 0 Å². The van der Waals surface area contributed by atoms with Gasteiger partial charge < -0.3 is 47.4 Å². The molecule has 0 N–H and O–H groups in total. The van der Waals surface area contributed by atoms with Crippen LogP contribution in [0.5, 0.6) is 0 Å². The van der Waals surface area contributed by atoms with Gasteiger partial charge in [0.15, 0.2) is 43.1 Å². The molecule has 0 aromatic carbocycles. The Morgan fingerprint density at radius 3 is 1.38 bits per heavy atom. The molecular formula is C25H35FO16. The first-order valence-corrected chi connectivity index (χ1v) is 12.7. The Labute approximate surface area is 240 Å². The number of halogens is 1. The number of methoxy groups -OCH3 is 1. The van der Waals surface area contributed by atoms with E-state index in [2.05, 4.69) is 0 Å². The zero-order valence-electron chi connectivity index (χ0n) is 24.1. The summed E-state index contributed by atoms with van der Waals surface area (Å²) in [6.45, 7) is 4.50. The molecule has 2 heterocycles. The van der Waals surface area contributed by atoms with E-state index in [0.29, 0.717) is 0 Å². The summed E-state index contributed by atoms with van der Waals surface area (Å²) in [6.07, 6.45) is -15.4. The maximum Gasteiger partial charge on any atom is 0.303 e. The van der Waals surface area contributed by atoms with E-state index in [9.17, 15) is 33.2 Å². The van der Waals surface area contributed by atoms with E-state index in [0.717, 1.165) is 41.5 Å². The molecule has 0 aromatic rings. The molecule has 0 saturated carbocycles. The fourth-order valence-electron chi connectivity index (χ4n) is 4.45. The van der Waals surface area contributed by atoms with Gasteiger partial charge in [0.05, 0.1) is 0 Å². The number of carbonyl (C=O) groups is 6. The van der Waals surface area contributed by atoms with Crippen molar-refractivity contribution < 1.29 is 80.5 Å². The van der Waals surface area contributed by atoms with Gasteiger partial charge in [-0.05, 0) is 0 Å². The number of ether oxygens (including phenoxy) is 10. The molecule has 2 fully saturated rings. The van der Waals surface area contributed by atoms with Crippen LogP contribution in [-0.2, 0) is 76.1 Å². The lowest BCUT2D eigenvalue weighted by Crippen LogP contribution is -2.67. The first-order valence-electron chi connectivity index (χ1n) is 12.7. The minimum atomic E-state index is -1.80. The van der Waals surface area contributed by atoms with Gasteiger partial charge in [0.1, 0.15) is 31.6 Å². The lowest BCUT2D eigenvalue weighted by atomic mass is 9.96. The van der Waals surface area contributed by atoms with Gasteiger partial charge in [-0.25, -0.2) is 4.39 Å². The number of hydrogen-bond donors (Lipinski definition) is 0. The van der Waals surface area contributed by atoms with Crippen LogP contribution in [0.2, 0.25) is 0 Å². The molecule has 10 atom stereocenters. The molecular weight excluding hydrogens is 575 g/mol. The molecule has 0 spiro atoms. The second-order valence-electron chi connectivity index (χ2n) is 9.25. The van der Waals surface area contributed by atoms with Gasteiger partial charge in [0.25, 0.3) is 0 Å². The fraction of sp³-hybridized carbons (Fsp3) is 0.760. The minimum Gasteiger partial charge on any atom is -0.463 e. The summed E-state index contributed by atoms with van der Waals surface area (Å²) in [5, 5.41) is 0. The number of esters is 6. The Bertz CT molecular complexity index is 1000. The van der Waals surface area contributed by atoms with Crippen molar-refractivity contribution in [1.29, 1.82) is 0 Å². The van der Waals surface area contributed by atoms with E-state index in [4.69, 9.17) is 47.4 Å².